The van der Waals surface area contributed by atoms with Crippen LogP contribution in [0.15, 0.2) is 12.7 Å². The van der Waals surface area contributed by atoms with Crippen LogP contribution in [0.3, 0.4) is 0 Å². The van der Waals surface area contributed by atoms with Crippen molar-refractivity contribution >= 4 is 12.4 Å². The van der Waals surface area contributed by atoms with Gasteiger partial charge in [-0.15, -0.1) is 19.0 Å². The van der Waals surface area contributed by atoms with Crippen LogP contribution in [0, 0.1) is 0 Å². The van der Waals surface area contributed by atoms with Crippen LogP contribution in [0.2, 0.25) is 0 Å². The summed E-state index contributed by atoms with van der Waals surface area (Å²) in [5.74, 6) is 0. The van der Waals surface area contributed by atoms with E-state index in [1.54, 1.807) is 0 Å². The summed E-state index contributed by atoms with van der Waals surface area (Å²) in [6, 6.07) is 0. The third kappa shape index (κ3) is 13.1. The molecule has 0 aliphatic carbocycles. The van der Waals surface area contributed by atoms with Crippen LogP contribution in [0.25, 0.3) is 0 Å². The lowest BCUT2D eigenvalue weighted by atomic mass is 10.3. The van der Waals surface area contributed by atoms with Crippen molar-refractivity contribution in [3.05, 3.63) is 12.7 Å². The molecule has 0 fully saturated rings. The van der Waals surface area contributed by atoms with Crippen LogP contribution in [0.4, 0.5) is 0 Å². The van der Waals surface area contributed by atoms with Crippen molar-refractivity contribution in [1.29, 1.82) is 0 Å². The Morgan fingerprint density at radius 3 is 2.45 bits per heavy atom. The Labute approximate surface area is 76.7 Å². The molecule has 0 spiro atoms. The van der Waals surface area contributed by atoms with Crippen molar-refractivity contribution in [2.45, 2.75) is 32.6 Å². The van der Waals surface area contributed by atoms with Gasteiger partial charge in [0.2, 0.25) is 0 Å². The predicted octanol–water partition coefficient (Wildman–Crippen LogP) is 2.76. The number of rotatable bonds is 7. The Bertz CT molecular complexity index is 74.0. The maximum Gasteiger partial charge on any atom is -0.00460 e. The van der Waals surface area contributed by atoms with Gasteiger partial charge in [-0.2, -0.15) is 0 Å². The summed E-state index contributed by atoms with van der Waals surface area (Å²) in [4.78, 5) is 0. The van der Waals surface area contributed by atoms with Crippen molar-refractivity contribution in [3.8, 4) is 0 Å². The second kappa shape index (κ2) is 12.6. The molecule has 0 aliphatic rings. The predicted molar refractivity (Wildman–Crippen MR) is 54.5 cm³/mol. The molecule has 0 radical (unpaired) electrons. The minimum atomic E-state index is 0. The number of hydrogen-bond donors (Lipinski definition) is 1. The molecule has 0 saturated carbocycles. The van der Waals surface area contributed by atoms with Gasteiger partial charge in [0.1, 0.15) is 0 Å². The molecule has 0 unspecified atom stereocenters. The molecule has 0 aromatic heterocycles. The molecule has 0 bridgehead atoms. The van der Waals surface area contributed by atoms with E-state index < -0.39 is 0 Å². The SMILES string of the molecule is C=CCCCNCCCC.Cl. The second-order valence-corrected chi connectivity index (χ2v) is 2.53. The van der Waals surface area contributed by atoms with Gasteiger partial charge in [-0.25, -0.2) is 0 Å². The molecule has 0 saturated heterocycles. The Morgan fingerprint density at radius 1 is 1.27 bits per heavy atom. The number of unbranched alkanes of at least 4 members (excludes halogenated alkanes) is 2. The molecule has 1 N–H and O–H groups in total. The zero-order valence-corrected chi connectivity index (χ0v) is 8.25. The first kappa shape index (κ1) is 13.6. The van der Waals surface area contributed by atoms with E-state index >= 15 is 0 Å². The molecule has 0 aromatic rings. The Morgan fingerprint density at radius 2 is 1.91 bits per heavy atom. The highest BCUT2D eigenvalue weighted by Gasteiger charge is 1.84. The van der Waals surface area contributed by atoms with E-state index in [0.29, 0.717) is 0 Å². The third-order valence-electron chi connectivity index (χ3n) is 1.47. The van der Waals surface area contributed by atoms with Crippen LogP contribution < -0.4 is 5.32 Å². The molecule has 0 atom stereocenters. The first-order chi connectivity index (χ1) is 4.91. The number of hydrogen-bond acceptors (Lipinski definition) is 1. The maximum absolute atomic E-state index is 3.67. The van der Waals surface area contributed by atoms with E-state index in [-0.39, 0.29) is 12.4 Å². The largest absolute Gasteiger partial charge is 0.317 e. The molecule has 68 valence electrons. The van der Waals surface area contributed by atoms with Gasteiger partial charge in [0.15, 0.2) is 0 Å². The average Bonchev–Trinajstić information content (AvgIpc) is 1.97. The summed E-state index contributed by atoms with van der Waals surface area (Å²) in [7, 11) is 0. The second-order valence-electron chi connectivity index (χ2n) is 2.53. The van der Waals surface area contributed by atoms with Gasteiger partial charge in [0, 0.05) is 0 Å². The van der Waals surface area contributed by atoms with Crippen LogP contribution in [-0.2, 0) is 0 Å². The van der Waals surface area contributed by atoms with Gasteiger partial charge in [-0.1, -0.05) is 19.4 Å². The van der Waals surface area contributed by atoms with Gasteiger partial charge >= 0.3 is 0 Å². The lowest BCUT2D eigenvalue weighted by molar-refractivity contribution is 0.620. The van der Waals surface area contributed by atoms with Crippen molar-refractivity contribution < 1.29 is 0 Å². The molecule has 0 rings (SSSR count). The summed E-state index contributed by atoms with van der Waals surface area (Å²) in [6.07, 6.45) is 6.93. The first-order valence-corrected chi connectivity index (χ1v) is 4.23. The van der Waals surface area contributed by atoms with Crippen LogP contribution in [0.5, 0.6) is 0 Å². The molecular weight excluding hydrogens is 158 g/mol. The minimum absolute atomic E-state index is 0. The highest BCUT2D eigenvalue weighted by atomic mass is 35.5. The summed E-state index contributed by atoms with van der Waals surface area (Å²) >= 11 is 0. The molecule has 0 amide bonds. The van der Waals surface area contributed by atoms with Crippen molar-refractivity contribution in [3.63, 3.8) is 0 Å². The van der Waals surface area contributed by atoms with E-state index in [1.807, 2.05) is 6.08 Å². The van der Waals surface area contributed by atoms with Gasteiger partial charge in [0.05, 0.1) is 0 Å². The smallest absolute Gasteiger partial charge is 0.00460 e. The summed E-state index contributed by atoms with van der Waals surface area (Å²) in [6.45, 7) is 8.20. The fraction of sp³-hybridized carbons (Fsp3) is 0.778. The lowest BCUT2D eigenvalue weighted by Gasteiger charge is -2.00. The van der Waals surface area contributed by atoms with Crippen LogP contribution in [-0.4, -0.2) is 13.1 Å². The highest BCUT2D eigenvalue weighted by Crippen LogP contribution is 1.87. The van der Waals surface area contributed by atoms with Crippen LogP contribution >= 0.6 is 12.4 Å². The van der Waals surface area contributed by atoms with Gasteiger partial charge in [-0.3, -0.25) is 0 Å². The molecule has 0 aromatic carbocycles. The summed E-state index contributed by atoms with van der Waals surface area (Å²) in [5.41, 5.74) is 0. The Balaban J connectivity index is 0. The average molecular weight is 178 g/mol. The van der Waals surface area contributed by atoms with Gasteiger partial charge in [0.25, 0.3) is 0 Å². The minimum Gasteiger partial charge on any atom is -0.317 e. The standard InChI is InChI=1S/C9H19N.ClH/c1-3-5-7-9-10-8-6-4-2;/h3,10H,1,4-9H2,2H3;1H. The van der Waals surface area contributed by atoms with Crippen molar-refractivity contribution in [2.24, 2.45) is 0 Å². The van der Waals surface area contributed by atoms with Gasteiger partial charge < -0.3 is 5.32 Å². The summed E-state index contributed by atoms with van der Waals surface area (Å²) < 4.78 is 0. The molecular formula is C9H20ClN. The van der Waals surface area contributed by atoms with Crippen LogP contribution in [0.1, 0.15) is 32.6 Å². The number of halogens is 1. The molecule has 2 heteroatoms. The summed E-state index contributed by atoms with van der Waals surface area (Å²) in [5, 5.41) is 3.37. The van der Waals surface area contributed by atoms with Gasteiger partial charge in [-0.05, 0) is 32.4 Å². The van der Waals surface area contributed by atoms with E-state index in [9.17, 15) is 0 Å². The quantitative estimate of drug-likeness (QED) is 0.466. The maximum atomic E-state index is 3.67. The molecule has 0 heterocycles. The normalized spacial score (nSPS) is 8.82. The molecule has 11 heavy (non-hydrogen) atoms. The fourth-order valence-electron chi connectivity index (χ4n) is 0.798. The zero-order valence-electron chi connectivity index (χ0n) is 7.44. The first-order valence-electron chi connectivity index (χ1n) is 4.23. The fourth-order valence-corrected chi connectivity index (χ4v) is 0.798. The number of allylic oxidation sites excluding steroid dienone is 1. The van der Waals surface area contributed by atoms with E-state index in [4.69, 9.17) is 0 Å². The van der Waals surface area contributed by atoms with Crippen molar-refractivity contribution in [2.75, 3.05) is 13.1 Å². The number of nitrogens with one attached hydrogen (secondary N) is 1. The van der Waals surface area contributed by atoms with Crippen molar-refractivity contribution in [1.82, 2.24) is 5.32 Å². The lowest BCUT2D eigenvalue weighted by Crippen LogP contribution is -2.15. The topological polar surface area (TPSA) is 12.0 Å². The zero-order chi connectivity index (χ0) is 7.66. The van der Waals surface area contributed by atoms with E-state index in [1.165, 1.54) is 25.8 Å². The molecule has 0 aliphatic heterocycles. The molecule has 1 nitrogen and oxygen atoms in total. The van der Waals surface area contributed by atoms with E-state index in [2.05, 4.69) is 18.8 Å². The Kier molecular flexibility index (Phi) is 15.6. The third-order valence-corrected chi connectivity index (χ3v) is 1.47. The van der Waals surface area contributed by atoms with E-state index in [0.717, 1.165) is 13.0 Å². The highest BCUT2D eigenvalue weighted by molar-refractivity contribution is 5.85. The Hall–Kier alpha value is -0.0100. The monoisotopic (exact) mass is 177 g/mol.